The number of carbonyl (C=O) groups excluding carboxylic acids is 2. The third-order valence-corrected chi connectivity index (χ3v) is 7.02. The van der Waals surface area contributed by atoms with Crippen LogP contribution in [0.4, 0.5) is 0 Å². The van der Waals surface area contributed by atoms with Crippen molar-refractivity contribution in [2.75, 3.05) is 33.2 Å². The fraction of sp³-hybridized carbons (Fsp3) is 0.179. The number of piperazine rings is 1. The number of fused-ring (bicyclic) bond motifs is 4. The maximum absolute atomic E-state index is 13.2. The molecule has 7 nitrogen and oxygen atoms in total. The Labute approximate surface area is 202 Å². The molecule has 3 aromatic carbocycles. The number of nitrogens with two attached hydrogens (primary N) is 1. The number of primary amides is 1. The fourth-order valence-electron chi connectivity index (χ4n) is 5.10. The van der Waals surface area contributed by atoms with Crippen molar-refractivity contribution in [3.05, 3.63) is 78.1 Å². The van der Waals surface area contributed by atoms with Crippen LogP contribution in [-0.4, -0.2) is 64.8 Å². The summed E-state index contributed by atoms with van der Waals surface area (Å²) in [5, 5.41) is 3.94. The highest BCUT2D eigenvalue weighted by Gasteiger charge is 2.22. The number of carbonyl (C=O) groups is 2. The molecule has 2 amide bonds. The van der Waals surface area contributed by atoms with Crippen LogP contribution in [0, 0.1) is 0 Å². The average Bonchev–Trinajstić information content (AvgIpc) is 3.26. The van der Waals surface area contributed by atoms with E-state index in [2.05, 4.69) is 28.0 Å². The summed E-state index contributed by atoms with van der Waals surface area (Å²) in [6.07, 6.45) is 3.70. The van der Waals surface area contributed by atoms with Gasteiger partial charge in [-0.2, -0.15) is 0 Å². The lowest BCUT2D eigenvalue weighted by atomic mass is 9.94. The zero-order chi connectivity index (χ0) is 24.1. The number of pyridine rings is 1. The Balaban J connectivity index is 1.55. The fourth-order valence-corrected chi connectivity index (χ4v) is 5.10. The summed E-state index contributed by atoms with van der Waals surface area (Å²) in [6.45, 7) is 3.16. The lowest BCUT2D eigenvalue weighted by Crippen LogP contribution is -2.47. The van der Waals surface area contributed by atoms with Crippen LogP contribution in [0.15, 0.2) is 67.0 Å². The van der Waals surface area contributed by atoms with E-state index in [-0.39, 0.29) is 5.91 Å². The van der Waals surface area contributed by atoms with Gasteiger partial charge in [0, 0.05) is 71.4 Å². The molecule has 1 fully saturated rings. The highest BCUT2D eigenvalue weighted by Crippen LogP contribution is 2.39. The summed E-state index contributed by atoms with van der Waals surface area (Å²) in [7, 11) is 2.07. The zero-order valence-electron chi connectivity index (χ0n) is 19.4. The summed E-state index contributed by atoms with van der Waals surface area (Å²) < 4.78 is 0. The van der Waals surface area contributed by atoms with Gasteiger partial charge in [-0.05, 0) is 36.2 Å². The van der Waals surface area contributed by atoms with E-state index in [1.807, 2.05) is 59.8 Å². The molecule has 1 aliphatic heterocycles. The van der Waals surface area contributed by atoms with Gasteiger partial charge in [0.2, 0.25) is 0 Å². The molecule has 0 atom stereocenters. The number of amides is 2. The molecule has 0 bridgehead atoms. The Morgan fingerprint density at radius 3 is 2.51 bits per heavy atom. The Morgan fingerprint density at radius 1 is 0.914 bits per heavy atom. The maximum atomic E-state index is 13.2. The maximum Gasteiger partial charge on any atom is 0.254 e. The molecule has 0 saturated carbocycles. The first-order valence-corrected chi connectivity index (χ1v) is 11.7. The number of benzene rings is 3. The minimum Gasteiger partial charge on any atom is -0.366 e. The topological polar surface area (TPSA) is 95.3 Å². The van der Waals surface area contributed by atoms with Crippen LogP contribution in [0.3, 0.4) is 0 Å². The predicted molar refractivity (Wildman–Crippen MR) is 138 cm³/mol. The van der Waals surface area contributed by atoms with Crippen molar-refractivity contribution in [1.82, 2.24) is 19.8 Å². The molecule has 35 heavy (non-hydrogen) atoms. The molecule has 3 heterocycles. The van der Waals surface area contributed by atoms with E-state index in [1.165, 1.54) is 0 Å². The summed E-state index contributed by atoms with van der Waals surface area (Å²) in [6, 6.07) is 17.5. The Kier molecular flexibility index (Phi) is 5.00. The molecule has 0 unspecified atom stereocenters. The van der Waals surface area contributed by atoms with Crippen molar-refractivity contribution in [3.63, 3.8) is 0 Å². The Bertz CT molecular complexity index is 1620. The van der Waals surface area contributed by atoms with Gasteiger partial charge < -0.3 is 20.5 Å². The van der Waals surface area contributed by atoms with Crippen molar-refractivity contribution in [2.45, 2.75) is 0 Å². The first kappa shape index (κ1) is 21.3. The van der Waals surface area contributed by atoms with Crippen molar-refractivity contribution < 1.29 is 9.59 Å². The second kappa shape index (κ2) is 8.21. The van der Waals surface area contributed by atoms with E-state index >= 15 is 0 Å². The largest absolute Gasteiger partial charge is 0.366 e. The SMILES string of the molecule is CN1CCN(C(=O)c2ccc3c(c2)[nH]c2c(C(N)=O)ccc(-c4cncc5ccccc45)c23)CC1. The second-order valence-electron chi connectivity index (χ2n) is 9.16. The second-order valence-corrected chi connectivity index (χ2v) is 9.16. The number of nitrogens with zero attached hydrogens (tertiary/aromatic N) is 3. The van der Waals surface area contributed by atoms with Crippen LogP contribution in [0.25, 0.3) is 43.7 Å². The smallest absolute Gasteiger partial charge is 0.254 e. The van der Waals surface area contributed by atoms with Gasteiger partial charge in [0.25, 0.3) is 11.8 Å². The molecule has 0 aliphatic carbocycles. The minimum atomic E-state index is -0.502. The molecule has 0 spiro atoms. The first-order valence-electron chi connectivity index (χ1n) is 11.7. The highest BCUT2D eigenvalue weighted by molar-refractivity contribution is 6.21. The summed E-state index contributed by atoms with van der Waals surface area (Å²) >= 11 is 0. The van der Waals surface area contributed by atoms with Gasteiger partial charge in [0.05, 0.1) is 11.1 Å². The average molecular weight is 464 g/mol. The molecule has 3 N–H and O–H groups in total. The van der Waals surface area contributed by atoms with E-state index in [0.717, 1.165) is 51.3 Å². The van der Waals surface area contributed by atoms with E-state index in [0.29, 0.717) is 29.7 Å². The van der Waals surface area contributed by atoms with Crippen LogP contribution < -0.4 is 5.73 Å². The number of likely N-dealkylation sites (N-methyl/N-ethyl adjacent to an activating group) is 1. The Hall–Kier alpha value is -4.23. The molecule has 1 saturated heterocycles. The van der Waals surface area contributed by atoms with Gasteiger partial charge in [-0.3, -0.25) is 14.6 Å². The Morgan fingerprint density at radius 2 is 1.71 bits per heavy atom. The quantitative estimate of drug-likeness (QED) is 0.422. The van der Waals surface area contributed by atoms with E-state index < -0.39 is 5.91 Å². The van der Waals surface area contributed by atoms with Gasteiger partial charge >= 0.3 is 0 Å². The molecule has 5 aromatic rings. The summed E-state index contributed by atoms with van der Waals surface area (Å²) in [5.41, 5.74) is 10.2. The summed E-state index contributed by atoms with van der Waals surface area (Å²) in [4.78, 5) is 37.4. The summed E-state index contributed by atoms with van der Waals surface area (Å²) in [5.74, 6) is -0.481. The van der Waals surface area contributed by atoms with E-state index in [4.69, 9.17) is 5.73 Å². The molecule has 2 aromatic heterocycles. The zero-order valence-corrected chi connectivity index (χ0v) is 19.4. The third kappa shape index (κ3) is 3.52. The van der Waals surface area contributed by atoms with Crippen LogP contribution in [-0.2, 0) is 0 Å². The number of rotatable bonds is 3. The first-order chi connectivity index (χ1) is 17.0. The molecular formula is C28H25N5O2. The van der Waals surface area contributed by atoms with Crippen LogP contribution in [0.5, 0.6) is 0 Å². The van der Waals surface area contributed by atoms with Crippen molar-refractivity contribution in [3.8, 4) is 11.1 Å². The van der Waals surface area contributed by atoms with Gasteiger partial charge in [-0.25, -0.2) is 0 Å². The van der Waals surface area contributed by atoms with Gasteiger partial charge in [-0.15, -0.1) is 0 Å². The molecule has 6 rings (SSSR count). The number of hydrogen-bond acceptors (Lipinski definition) is 4. The lowest BCUT2D eigenvalue weighted by Gasteiger charge is -2.32. The predicted octanol–water partition coefficient (Wildman–Crippen LogP) is 4.02. The number of nitrogens with one attached hydrogen (secondary N) is 1. The normalized spacial score (nSPS) is 14.7. The highest BCUT2D eigenvalue weighted by atomic mass is 16.2. The molecule has 0 radical (unpaired) electrons. The van der Waals surface area contributed by atoms with Gasteiger partial charge in [-0.1, -0.05) is 36.4 Å². The number of aromatic amines is 1. The standard InChI is InChI=1S/C28H25N5O2/c1-32-10-12-33(13-11-32)28(35)17-6-7-21-24(14-17)31-26-22(27(29)34)9-8-20(25(21)26)23-16-30-15-18-4-2-3-5-19(18)23/h2-9,14-16,31H,10-13H2,1H3,(H2,29,34). The number of aromatic nitrogens is 2. The minimum absolute atomic E-state index is 0.0206. The van der Waals surface area contributed by atoms with Crippen LogP contribution >= 0.6 is 0 Å². The van der Waals surface area contributed by atoms with Gasteiger partial charge in [0.1, 0.15) is 0 Å². The monoisotopic (exact) mass is 463 g/mol. The molecule has 1 aliphatic rings. The van der Waals surface area contributed by atoms with Crippen molar-refractivity contribution >= 4 is 44.4 Å². The van der Waals surface area contributed by atoms with Crippen LogP contribution in [0.1, 0.15) is 20.7 Å². The van der Waals surface area contributed by atoms with Crippen molar-refractivity contribution in [1.29, 1.82) is 0 Å². The van der Waals surface area contributed by atoms with Crippen LogP contribution in [0.2, 0.25) is 0 Å². The number of H-pyrrole nitrogens is 1. The lowest BCUT2D eigenvalue weighted by molar-refractivity contribution is 0.0664. The van der Waals surface area contributed by atoms with E-state index in [9.17, 15) is 9.59 Å². The van der Waals surface area contributed by atoms with Gasteiger partial charge in [0.15, 0.2) is 0 Å². The molecule has 7 heteroatoms. The van der Waals surface area contributed by atoms with E-state index in [1.54, 1.807) is 6.07 Å². The number of hydrogen-bond donors (Lipinski definition) is 2. The van der Waals surface area contributed by atoms with Crippen molar-refractivity contribution in [2.24, 2.45) is 5.73 Å². The third-order valence-electron chi connectivity index (χ3n) is 7.02. The molecular weight excluding hydrogens is 438 g/mol. The molecule has 174 valence electrons.